The predicted molar refractivity (Wildman–Crippen MR) is 33.6 cm³/mol. The molecule has 48 valence electrons. The zero-order valence-electron chi connectivity index (χ0n) is 4.44. The van der Waals surface area contributed by atoms with E-state index in [4.69, 9.17) is 17.3 Å². The van der Waals surface area contributed by atoms with Crippen LogP contribution in [0.3, 0.4) is 0 Å². The Kier molecular flexibility index (Phi) is 1.53. The molecule has 0 saturated heterocycles. The molecule has 0 fully saturated rings. The molecule has 0 bridgehead atoms. The molecule has 0 amide bonds. The van der Waals surface area contributed by atoms with Gasteiger partial charge in [-0.05, 0) is 6.07 Å². The Morgan fingerprint density at radius 1 is 1.67 bits per heavy atom. The van der Waals surface area contributed by atoms with Crippen molar-refractivity contribution >= 4 is 17.3 Å². The average molecular weight is 147 g/mol. The largest absolute Gasteiger partial charge is 0.395 e. The number of nitrogens with two attached hydrogens (primary N) is 1. The second-order valence-corrected chi connectivity index (χ2v) is 1.97. The van der Waals surface area contributed by atoms with Crippen LogP contribution in [-0.2, 0) is 0 Å². The van der Waals surface area contributed by atoms with Crippen LogP contribution in [-0.4, -0.2) is 4.98 Å². The maximum Gasteiger partial charge on any atom is 0.236 e. The van der Waals surface area contributed by atoms with Crippen LogP contribution >= 0.6 is 11.6 Å². The Bertz CT molecular complexity index is 226. The van der Waals surface area contributed by atoms with Crippen LogP contribution < -0.4 is 5.73 Å². The Labute approximate surface area is 56.5 Å². The van der Waals surface area contributed by atoms with Gasteiger partial charge in [-0.2, -0.15) is 4.39 Å². The molecule has 1 aromatic heterocycles. The van der Waals surface area contributed by atoms with Gasteiger partial charge in [-0.25, -0.2) is 4.98 Å². The van der Waals surface area contributed by atoms with Crippen molar-refractivity contribution in [1.29, 1.82) is 0 Å². The fraction of sp³-hybridized carbons (Fsp3) is 0. The van der Waals surface area contributed by atoms with Gasteiger partial charge >= 0.3 is 0 Å². The van der Waals surface area contributed by atoms with E-state index in [2.05, 4.69) is 4.98 Å². The number of rotatable bonds is 0. The average Bonchev–Trinajstić information content (AvgIpc) is 1.80. The summed E-state index contributed by atoms with van der Waals surface area (Å²) in [6.07, 6.45) is 1.20. The van der Waals surface area contributed by atoms with E-state index in [1.54, 1.807) is 0 Å². The first-order valence-corrected chi connectivity index (χ1v) is 2.64. The van der Waals surface area contributed by atoms with E-state index < -0.39 is 5.95 Å². The summed E-state index contributed by atoms with van der Waals surface area (Å²) in [7, 11) is 0. The SMILES string of the molecule is Nc1cc(Cl)cnc1F. The third-order valence-electron chi connectivity index (χ3n) is 0.833. The first-order chi connectivity index (χ1) is 4.20. The molecule has 0 atom stereocenters. The van der Waals surface area contributed by atoms with Crippen LogP contribution in [0, 0.1) is 5.95 Å². The lowest BCUT2D eigenvalue weighted by atomic mass is 10.4. The van der Waals surface area contributed by atoms with Crippen molar-refractivity contribution in [2.45, 2.75) is 0 Å². The Morgan fingerprint density at radius 3 is 2.78 bits per heavy atom. The molecule has 0 aromatic carbocycles. The minimum atomic E-state index is -0.681. The summed E-state index contributed by atoms with van der Waals surface area (Å²) in [5, 5.41) is 0.342. The molecule has 4 heteroatoms. The van der Waals surface area contributed by atoms with E-state index in [0.717, 1.165) is 0 Å². The van der Waals surface area contributed by atoms with E-state index in [9.17, 15) is 4.39 Å². The monoisotopic (exact) mass is 146 g/mol. The number of hydrogen-bond donors (Lipinski definition) is 1. The standard InChI is InChI=1S/C5H4ClFN2/c6-3-1-4(8)5(7)9-2-3/h1-2H,8H2. The molecule has 0 aliphatic heterocycles. The summed E-state index contributed by atoms with van der Waals surface area (Å²) in [4.78, 5) is 3.25. The minimum absolute atomic E-state index is 0.0255. The molecule has 0 unspecified atom stereocenters. The number of halogens is 2. The number of aromatic nitrogens is 1. The van der Waals surface area contributed by atoms with Gasteiger partial charge in [-0.1, -0.05) is 11.6 Å². The summed E-state index contributed by atoms with van der Waals surface area (Å²) in [6, 6.07) is 1.31. The fourth-order valence-electron chi connectivity index (χ4n) is 0.438. The fourth-order valence-corrected chi connectivity index (χ4v) is 0.605. The Morgan fingerprint density at radius 2 is 2.33 bits per heavy atom. The highest BCUT2D eigenvalue weighted by molar-refractivity contribution is 6.30. The second kappa shape index (κ2) is 2.19. The molecule has 0 spiro atoms. The van der Waals surface area contributed by atoms with E-state index in [-0.39, 0.29) is 5.69 Å². The topological polar surface area (TPSA) is 38.9 Å². The van der Waals surface area contributed by atoms with Crippen molar-refractivity contribution < 1.29 is 4.39 Å². The first-order valence-electron chi connectivity index (χ1n) is 2.26. The molecule has 2 nitrogen and oxygen atoms in total. The highest BCUT2D eigenvalue weighted by Crippen LogP contribution is 2.12. The molecule has 2 N–H and O–H groups in total. The highest BCUT2D eigenvalue weighted by atomic mass is 35.5. The molecule has 1 rings (SSSR count). The molecule has 1 aromatic rings. The van der Waals surface area contributed by atoms with Gasteiger partial charge in [0.05, 0.1) is 10.7 Å². The van der Waals surface area contributed by atoms with Crippen molar-refractivity contribution in [2.24, 2.45) is 0 Å². The molecule has 0 aliphatic carbocycles. The first kappa shape index (κ1) is 6.29. The second-order valence-electron chi connectivity index (χ2n) is 1.53. The van der Waals surface area contributed by atoms with Gasteiger partial charge in [-0.3, -0.25) is 0 Å². The van der Waals surface area contributed by atoms with Gasteiger partial charge in [0.25, 0.3) is 0 Å². The lowest BCUT2D eigenvalue weighted by molar-refractivity contribution is 0.589. The van der Waals surface area contributed by atoms with Gasteiger partial charge in [0.15, 0.2) is 0 Å². The number of nitrogen functional groups attached to an aromatic ring is 1. The number of nitrogens with zero attached hydrogens (tertiary/aromatic N) is 1. The van der Waals surface area contributed by atoms with Crippen LogP contribution in [0.1, 0.15) is 0 Å². The van der Waals surface area contributed by atoms with Crippen molar-refractivity contribution in [2.75, 3.05) is 5.73 Å². The van der Waals surface area contributed by atoms with Gasteiger partial charge in [0, 0.05) is 6.20 Å². The van der Waals surface area contributed by atoms with Crippen molar-refractivity contribution in [3.63, 3.8) is 0 Å². The van der Waals surface area contributed by atoms with Crippen molar-refractivity contribution in [3.05, 3.63) is 23.2 Å². The summed E-state index contributed by atoms with van der Waals surface area (Å²) >= 11 is 5.41. The van der Waals surface area contributed by atoms with Crippen LogP contribution in [0.2, 0.25) is 5.02 Å². The Balaban J connectivity index is 3.17. The zero-order valence-corrected chi connectivity index (χ0v) is 5.19. The lowest BCUT2D eigenvalue weighted by Gasteiger charge is -1.92. The summed E-state index contributed by atoms with van der Waals surface area (Å²) in [5.41, 5.74) is 5.07. The minimum Gasteiger partial charge on any atom is -0.395 e. The molecular formula is C5H4ClFN2. The molecule has 0 saturated carbocycles. The Hall–Kier alpha value is -0.830. The van der Waals surface area contributed by atoms with Crippen molar-refractivity contribution in [3.8, 4) is 0 Å². The van der Waals surface area contributed by atoms with Gasteiger partial charge < -0.3 is 5.73 Å². The zero-order chi connectivity index (χ0) is 6.85. The van der Waals surface area contributed by atoms with Crippen LogP contribution in [0.5, 0.6) is 0 Å². The van der Waals surface area contributed by atoms with Crippen LogP contribution in [0.4, 0.5) is 10.1 Å². The summed E-state index contributed by atoms with van der Waals surface area (Å²) < 4.78 is 12.2. The molecule has 1 heterocycles. The van der Waals surface area contributed by atoms with Crippen LogP contribution in [0.25, 0.3) is 0 Å². The van der Waals surface area contributed by atoms with E-state index in [1.807, 2.05) is 0 Å². The maximum atomic E-state index is 12.2. The summed E-state index contributed by atoms with van der Waals surface area (Å²) in [6.45, 7) is 0. The molecule has 0 aliphatic rings. The predicted octanol–water partition coefficient (Wildman–Crippen LogP) is 1.46. The van der Waals surface area contributed by atoms with E-state index in [1.165, 1.54) is 12.3 Å². The number of pyridine rings is 1. The maximum absolute atomic E-state index is 12.2. The van der Waals surface area contributed by atoms with E-state index in [0.29, 0.717) is 5.02 Å². The smallest absolute Gasteiger partial charge is 0.236 e. The third kappa shape index (κ3) is 1.29. The lowest BCUT2D eigenvalue weighted by Crippen LogP contribution is -1.92. The van der Waals surface area contributed by atoms with E-state index >= 15 is 0 Å². The van der Waals surface area contributed by atoms with Crippen molar-refractivity contribution in [1.82, 2.24) is 4.98 Å². The highest BCUT2D eigenvalue weighted by Gasteiger charge is 1.97. The molecule has 9 heavy (non-hydrogen) atoms. The summed E-state index contributed by atoms with van der Waals surface area (Å²) in [5.74, 6) is -0.681. The van der Waals surface area contributed by atoms with Gasteiger partial charge in [0.2, 0.25) is 5.95 Å². The van der Waals surface area contributed by atoms with Gasteiger partial charge in [-0.15, -0.1) is 0 Å². The quantitative estimate of drug-likeness (QED) is 0.563. The van der Waals surface area contributed by atoms with Crippen LogP contribution in [0.15, 0.2) is 12.3 Å². The molecular weight excluding hydrogens is 143 g/mol. The normalized spacial score (nSPS) is 9.56. The third-order valence-corrected chi connectivity index (χ3v) is 1.04. The number of hydrogen-bond acceptors (Lipinski definition) is 2. The van der Waals surface area contributed by atoms with Gasteiger partial charge in [0.1, 0.15) is 0 Å². The molecule has 0 radical (unpaired) electrons. The number of anilines is 1.